The van der Waals surface area contributed by atoms with Crippen molar-refractivity contribution in [2.75, 3.05) is 0 Å². The van der Waals surface area contributed by atoms with Crippen molar-refractivity contribution in [1.82, 2.24) is 29.9 Å². The van der Waals surface area contributed by atoms with E-state index in [1.807, 2.05) is 85.2 Å². The van der Waals surface area contributed by atoms with Crippen molar-refractivity contribution in [2.24, 2.45) is 0 Å². The van der Waals surface area contributed by atoms with Crippen LogP contribution in [0.3, 0.4) is 0 Å². The average molecular weight is 647 g/mol. The lowest BCUT2D eigenvalue weighted by Gasteiger charge is -2.13. The predicted octanol–water partition coefficient (Wildman–Crippen LogP) is 10.4. The lowest BCUT2D eigenvalue weighted by molar-refractivity contribution is 1.07. The summed E-state index contributed by atoms with van der Waals surface area (Å²) in [4.78, 5) is 28.5. The van der Waals surface area contributed by atoms with Gasteiger partial charge in [-0.05, 0) is 58.7 Å². The number of rotatable bonds is 6. The molecule has 9 aromatic rings. The number of hydrogen-bond acceptors (Lipinski definition) is 7. The van der Waals surface area contributed by atoms with Gasteiger partial charge in [-0.25, -0.2) is 24.9 Å². The monoisotopic (exact) mass is 646 g/mol. The minimum atomic E-state index is 0.606. The van der Waals surface area contributed by atoms with Crippen molar-refractivity contribution < 1.29 is 0 Å². The van der Waals surface area contributed by atoms with Crippen molar-refractivity contribution in [3.63, 3.8) is 0 Å². The number of nitrogens with zero attached hydrogens (tertiary/aromatic N) is 6. The Balaban J connectivity index is 1.18. The smallest absolute Gasteiger partial charge is 0.164 e. The Morgan fingerprint density at radius 3 is 1.59 bits per heavy atom. The van der Waals surface area contributed by atoms with Gasteiger partial charge in [0.1, 0.15) is 6.33 Å². The van der Waals surface area contributed by atoms with E-state index < -0.39 is 0 Å². The van der Waals surface area contributed by atoms with Crippen LogP contribution in [0, 0.1) is 0 Å². The molecule has 0 atom stereocenters. The highest BCUT2D eigenvalue weighted by Crippen LogP contribution is 2.39. The summed E-state index contributed by atoms with van der Waals surface area (Å²) < 4.78 is 2.30. The Morgan fingerprint density at radius 2 is 0.939 bits per heavy atom. The Hall–Kier alpha value is -6.44. The van der Waals surface area contributed by atoms with Gasteiger partial charge in [-0.1, -0.05) is 103 Å². The number of fused-ring (bicyclic) bond motifs is 3. The van der Waals surface area contributed by atoms with Crippen LogP contribution in [0.2, 0.25) is 0 Å². The van der Waals surface area contributed by atoms with Crippen LogP contribution in [0.15, 0.2) is 158 Å². The largest absolute Gasteiger partial charge is 0.265 e. The molecule has 0 aliphatic heterocycles. The Morgan fingerprint density at radius 1 is 0.408 bits per heavy atom. The van der Waals surface area contributed by atoms with Crippen LogP contribution in [-0.2, 0) is 0 Å². The molecule has 49 heavy (non-hydrogen) atoms. The zero-order chi connectivity index (χ0) is 32.6. The first kappa shape index (κ1) is 28.8. The van der Waals surface area contributed by atoms with Gasteiger partial charge in [0.25, 0.3) is 0 Å². The molecule has 0 aliphatic rings. The van der Waals surface area contributed by atoms with Crippen LogP contribution in [-0.4, -0.2) is 29.9 Å². The van der Waals surface area contributed by atoms with Gasteiger partial charge in [0.05, 0.1) is 15.9 Å². The van der Waals surface area contributed by atoms with Gasteiger partial charge in [0.2, 0.25) is 0 Å². The molecule has 0 saturated heterocycles. The summed E-state index contributed by atoms with van der Waals surface area (Å²) in [6.07, 6.45) is 5.30. The van der Waals surface area contributed by atoms with E-state index in [4.69, 9.17) is 19.9 Å². The first-order chi connectivity index (χ1) is 24.3. The van der Waals surface area contributed by atoms with Crippen LogP contribution >= 0.6 is 11.3 Å². The highest BCUT2D eigenvalue weighted by atomic mass is 32.1. The van der Waals surface area contributed by atoms with E-state index in [0.717, 1.165) is 65.8 Å². The number of benzene rings is 5. The maximum absolute atomic E-state index is 5.02. The number of hydrogen-bond donors (Lipinski definition) is 0. The molecule has 4 aromatic heterocycles. The quantitative estimate of drug-likeness (QED) is 0.179. The van der Waals surface area contributed by atoms with Crippen molar-refractivity contribution >= 4 is 31.6 Å². The fourth-order valence-corrected chi connectivity index (χ4v) is 7.29. The van der Waals surface area contributed by atoms with Gasteiger partial charge in [-0.2, -0.15) is 0 Å². The summed E-state index contributed by atoms with van der Waals surface area (Å²) >= 11 is 1.73. The van der Waals surface area contributed by atoms with Crippen molar-refractivity contribution in [2.45, 2.75) is 0 Å². The third-order valence-corrected chi connectivity index (χ3v) is 9.72. The Labute approximate surface area is 286 Å². The molecule has 0 bridgehead atoms. The van der Waals surface area contributed by atoms with Gasteiger partial charge < -0.3 is 0 Å². The summed E-state index contributed by atoms with van der Waals surface area (Å²) in [7, 11) is 0. The summed E-state index contributed by atoms with van der Waals surface area (Å²) in [6.45, 7) is 0. The Kier molecular flexibility index (Phi) is 7.22. The van der Waals surface area contributed by atoms with Gasteiger partial charge in [-0.3, -0.25) is 4.98 Å². The molecule has 230 valence electrons. The van der Waals surface area contributed by atoms with E-state index in [1.54, 1.807) is 17.7 Å². The maximum atomic E-state index is 5.02. The highest BCUT2D eigenvalue weighted by molar-refractivity contribution is 7.26. The third-order valence-electron chi connectivity index (χ3n) is 8.55. The summed E-state index contributed by atoms with van der Waals surface area (Å²) in [5, 5.41) is 1.16. The SMILES string of the molecule is c1ccc(-c2nc(-c3ccccc3)nc(-c3cc(-c4ccncc4)cc(-c4ccc(-c5ncnc6c5sc5ccccc56)cc4)c3)n2)cc1. The molecule has 0 spiro atoms. The lowest BCUT2D eigenvalue weighted by Crippen LogP contribution is -2.00. The van der Waals surface area contributed by atoms with E-state index in [-0.39, 0.29) is 0 Å². The van der Waals surface area contributed by atoms with E-state index in [1.165, 1.54) is 4.70 Å². The van der Waals surface area contributed by atoms with Gasteiger partial charge in [-0.15, -0.1) is 11.3 Å². The number of thiophene rings is 1. The van der Waals surface area contributed by atoms with Crippen LogP contribution in [0.1, 0.15) is 0 Å². The Bertz CT molecular complexity index is 2530. The molecule has 4 heterocycles. The fraction of sp³-hybridized carbons (Fsp3) is 0. The zero-order valence-electron chi connectivity index (χ0n) is 26.1. The van der Waals surface area contributed by atoms with Crippen LogP contribution in [0.5, 0.6) is 0 Å². The third kappa shape index (κ3) is 5.52. The van der Waals surface area contributed by atoms with Gasteiger partial charge in [0, 0.05) is 44.7 Å². The van der Waals surface area contributed by atoms with E-state index in [9.17, 15) is 0 Å². The molecule has 0 aliphatic carbocycles. The number of pyridine rings is 1. The first-order valence-electron chi connectivity index (χ1n) is 15.9. The molecular formula is C42H26N6S. The highest BCUT2D eigenvalue weighted by Gasteiger charge is 2.16. The molecule has 5 aromatic carbocycles. The van der Waals surface area contributed by atoms with Crippen LogP contribution < -0.4 is 0 Å². The molecule has 0 amide bonds. The lowest BCUT2D eigenvalue weighted by atomic mass is 9.95. The van der Waals surface area contributed by atoms with E-state index in [0.29, 0.717) is 17.5 Å². The second-order valence-corrected chi connectivity index (χ2v) is 12.7. The van der Waals surface area contributed by atoms with Gasteiger partial charge in [0.15, 0.2) is 17.5 Å². The van der Waals surface area contributed by atoms with Gasteiger partial charge >= 0.3 is 0 Å². The predicted molar refractivity (Wildman–Crippen MR) is 199 cm³/mol. The molecule has 0 fully saturated rings. The van der Waals surface area contributed by atoms with E-state index >= 15 is 0 Å². The number of aromatic nitrogens is 6. The van der Waals surface area contributed by atoms with Crippen LogP contribution in [0.4, 0.5) is 0 Å². The molecule has 0 saturated carbocycles. The second-order valence-electron chi connectivity index (χ2n) is 11.6. The normalized spacial score (nSPS) is 11.3. The summed E-state index contributed by atoms with van der Waals surface area (Å²) in [6, 6.07) is 47.6. The fourth-order valence-electron chi connectivity index (χ4n) is 6.12. The second kappa shape index (κ2) is 12.3. The van der Waals surface area contributed by atoms with E-state index in [2.05, 4.69) is 76.7 Å². The topological polar surface area (TPSA) is 77.3 Å². The molecule has 6 nitrogen and oxygen atoms in total. The first-order valence-corrected chi connectivity index (χ1v) is 16.7. The van der Waals surface area contributed by atoms with Crippen LogP contribution in [0.25, 0.3) is 88.0 Å². The standard InChI is InChI=1S/C42H26N6S/c1-3-9-30(10-4-1)40-46-41(31-11-5-2-6-12-31)48-42(47-40)34-24-32(23-33(25-34)28-19-21-43-22-20-28)27-15-17-29(18-16-27)37-39-38(45-26-44-37)35-13-7-8-14-36(35)49-39/h1-26H. The summed E-state index contributed by atoms with van der Waals surface area (Å²) in [5.74, 6) is 1.86. The average Bonchev–Trinajstić information content (AvgIpc) is 3.58. The molecule has 9 rings (SSSR count). The summed E-state index contributed by atoms with van der Waals surface area (Å²) in [5.41, 5.74) is 9.97. The van der Waals surface area contributed by atoms with Crippen molar-refractivity contribution in [3.8, 4) is 67.7 Å². The molecular weight excluding hydrogens is 621 g/mol. The minimum absolute atomic E-state index is 0.606. The molecule has 7 heteroatoms. The van der Waals surface area contributed by atoms with Crippen molar-refractivity contribution in [3.05, 3.63) is 158 Å². The zero-order valence-corrected chi connectivity index (χ0v) is 26.9. The molecule has 0 N–H and O–H groups in total. The minimum Gasteiger partial charge on any atom is -0.265 e. The molecule has 0 unspecified atom stereocenters. The molecule has 0 radical (unpaired) electrons. The van der Waals surface area contributed by atoms with Crippen molar-refractivity contribution in [1.29, 1.82) is 0 Å². The maximum Gasteiger partial charge on any atom is 0.164 e.